The number of para-hydroxylation sites is 1. The molecule has 0 aliphatic rings. The van der Waals surface area contributed by atoms with Crippen LogP contribution < -0.4 is 0 Å². The molecule has 15 heavy (non-hydrogen) atoms. The number of benzene rings is 1. The Morgan fingerprint density at radius 1 is 1.13 bits per heavy atom. The highest BCUT2D eigenvalue weighted by Gasteiger charge is 2.07. The van der Waals surface area contributed by atoms with Crippen molar-refractivity contribution in [2.24, 2.45) is 0 Å². The summed E-state index contributed by atoms with van der Waals surface area (Å²) in [5.41, 5.74) is 2.56. The van der Waals surface area contributed by atoms with E-state index in [0.717, 1.165) is 28.1 Å². The first-order valence-corrected chi connectivity index (χ1v) is 4.70. The Balaban J connectivity index is 2.62. The van der Waals surface area contributed by atoms with Gasteiger partial charge < -0.3 is 4.98 Å². The molecule has 3 rings (SSSR count). The van der Waals surface area contributed by atoms with Gasteiger partial charge in [-0.25, -0.2) is 0 Å². The fourth-order valence-corrected chi connectivity index (χ4v) is 1.92. The van der Waals surface area contributed by atoms with Gasteiger partial charge in [0.2, 0.25) is 0 Å². The number of fused-ring (bicyclic) bond motifs is 3. The molecule has 2 heterocycles. The number of nitrogens with one attached hydrogen (secondary N) is 1. The normalized spacial score (nSPS) is 10.9. The molecule has 1 aromatic carbocycles. The van der Waals surface area contributed by atoms with Crippen LogP contribution in [0.4, 0.5) is 0 Å². The minimum atomic E-state index is 0.630. The van der Waals surface area contributed by atoms with E-state index in [0.29, 0.717) is 5.56 Å². The number of hydrogen-bond acceptors (Lipinski definition) is 2. The van der Waals surface area contributed by atoms with Crippen LogP contribution in [0.5, 0.6) is 0 Å². The highest BCUT2D eigenvalue weighted by atomic mass is 16.1. The Kier molecular flexibility index (Phi) is 1.59. The second-order valence-corrected chi connectivity index (χ2v) is 3.44. The van der Waals surface area contributed by atoms with E-state index in [1.165, 1.54) is 0 Å². The fourth-order valence-electron chi connectivity index (χ4n) is 1.92. The minimum absolute atomic E-state index is 0.630. The van der Waals surface area contributed by atoms with Crippen LogP contribution in [0.25, 0.3) is 21.8 Å². The first kappa shape index (κ1) is 8.17. The van der Waals surface area contributed by atoms with Crippen LogP contribution in [0.15, 0.2) is 36.7 Å². The van der Waals surface area contributed by atoms with E-state index < -0.39 is 0 Å². The van der Waals surface area contributed by atoms with Crippen LogP contribution in [-0.4, -0.2) is 16.3 Å². The number of aromatic amines is 1. The zero-order valence-corrected chi connectivity index (χ0v) is 7.90. The lowest BCUT2D eigenvalue weighted by molar-refractivity contribution is 0.112. The fraction of sp³-hybridized carbons (Fsp3) is 0. The van der Waals surface area contributed by atoms with Crippen molar-refractivity contribution in [3.05, 3.63) is 42.2 Å². The van der Waals surface area contributed by atoms with Crippen LogP contribution in [-0.2, 0) is 0 Å². The summed E-state index contributed by atoms with van der Waals surface area (Å²) in [5, 5.41) is 2.02. The molecule has 0 aliphatic carbocycles. The summed E-state index contributed by atoms with van der Waals surface area (Å²) in [6.07, 6.45) is 4.17. The average Bonchev–Trinajstić information content (AvgIpc) is 2.67. The molecule has 2 aromatic heterocycles. The van der Waals surface area contributed by atoms with E-state index >= 15 is 0 Å². The Bertz CT molecular complexity index is 655. The summed E-state index contributed by atoms with van der Waals surface area (Å²) < 4.78 is 0. The van der Waals surface area contributed by atoms with Gasteiger partial charge in [-0.15, -0.1) is 0 Å². The van der Waals surface area contributed by atoms with Crippen LogP contribution in [0.1, 0.15) is 10.4 Å². The van der Waals surface area contributed by atoms with Crippen molar-refractivity contribution >= 4 is 28.1 Å². The van der Waals surface area contributed by atoms with Crippen LogP contribution >= 0.6 is 0 Å². The summed E-state index contributed by atoms with van der Waals surface area (Å²) >= 11 is 0. The van der Waals surface area contributed by atoms with Crippen LogP contribution in [0.2, 0.25) is 0 Å². The number of aldehydes is 1. The molecule has 0 unspecified atom stereocenters. The molecule has 0 bridgehead atoms. The maximum atomic E-state index is 10.9. The highest BCUT2D eigenvalue weighted by Crippen LogP contribution is 2.26. The summed E-state index contributed by atoms with van der Waals surface area (Å²) in [6, 6.07) is 7.92. The third-order valence-corrected chi connectivity index (χ3v) is 2.57. The minimum Gasteiger partial charge on any atom is -0.353 e. The third-order valence-electron chi connectivity index (χ3n) is 2.57. The summed E-state index contributed by atoms with van der Waals surface area (Å²) in [4.78, 5) is 18.2. The molecule has 3 aromatic rings. The van der Waals surface area contributed by atoms with Gasteiger partial charge in [0.15, 0.2) is 6.29 Å². The molecule has 0 atom stereocenters. The van der Waals surface area contributed by atoms with Crippen molar-refractivity contribution in [2.75, 3.05) is 0 Å². The maximum Gasteiger partial charge on any atom is 0.152 e. The lowest BCUT2D eigenvalue weighted by atomic mass is 10.1. The monoisotopic (exact) mass is 196 g/mol. The number of aromatic nitrogens is 2. The molecule has 0 radical (unpaired) electrons. The Morgan fingerprint density at radius 2 is 2.00 bits per heavy atom. The van der Waals surface area contributed by atoms with Gasteiger partial charge in [0, 0.05) is 28.0 Å². The molecule has 0 amide bonds. The molecular weight excluding hydrogens is 188 g/mol. The number of nitrogens with zero attached hydrogens (tertiary/aromatic N) is 1. The van der Waals surface area contributed by atoms with Gasteiger partial charge >= 0.3 is 0 Å². The topological polar surface area (TPSA) is 45.8 Å². The van der Waals surface area contributed by atoms with Crippen molar-refractivity contribution in [2.45, 2.75) is 0 Å². The van der Waals surface area contributed by atoms with Gasteiger partial charge in [0.1, 0.15) is 0 Å². The average molecular weight is 196 g/mol. The lowest BCUT2D eigenvalue weighted by Crippen LogP contribution is -1.83. The summed E-state index contributed by atoms with van der Waals surface area (Å²) in [7, 11) is 0. The van der Waals surface area contributed by atoms with Crippen molar-refractivity contribution < 1.29 is 4.79 Å². The summed E-state index contributed by atoms with van der Waals surface area (Å²) in [6.45, 7) is 0. The Hall–Kier alpha value is -2.16. The van der Waals surface area contributed by atoms with E-state index in [2.05, 4.69) is 9.97 Å². The molecule has 0 saturated carbocycles. The molecular formula is C12H8N2O. The van der Waals surface area contributed by atoms with E-state index in [1.54, 1.807) is 12.4 Å². The summed E-state index contributed by atoms with van der Waals surface area (Å²) in [5.74, 6) is 0. The predicted molar refractivity (Wildman–Crippen MR) is 59.0 cm³/mol. The zero-order chi connectivity index (χ0) is 10.3. The highest BCUT2D eigenvalue weighted by molar-refractivity contribution is 6.13. The van der Waals surface area contributed by atoms with Crippen molar-refractivity contribution in [3.63, 3.8) is 0 Å². The number of carbonyl (C=O) groups is 1. The number of H-pyrrole nitrogens is 1. The van der Waals surface area contributed by atoms with Crippen molar-refractivity contribution in [1.29, 1.82) is 0 Å². The predicted octanol–water partition coefficient (Wildman–Crippen LogP) is 2.53. The molecule has 1 N–H and O–H groups in total. The quantitative estimate of drug-likeness (QED) is 0.608. The van der Waals surface area contributed by atoms with Gasteiger partial charge in [-0.05, 0) is 6.07 Å². The Morgan fingerprint density at radius 3 is 2.87 bits per heavy atom. The van der Waals surface area contributed by atoms with Crippen LogP contribution in [0, 0.1) is 0 Å². The lowest BCUT2D eigenvalue weighted by Gasteiger charge is -1.93. The molecule has 3 heteroatoms. The molecule has 0 fully saturated rings. The smallest absolute Gasteiger partial charge is 0.152 e. The van der Waals surface area contributed by atoms with Gasteiger partial charge in [-0.3, -0.25) is 9.78 Å². The SMILES string of the molecule is O=Cc1cncc2[nH]c3ccccc3c12. The number of carbonyl (C=O) groups excluding carboxylic acids is 1. The maximum absolute atomic E-state index is 10.9. The molecule has 0 aliphatic heterocycles. The largest absolute Gasteiger partial charge is 0.353 e. The number of hydrogen-bond donors (Lipinski definition) is 1. The van der Waals surface area contributed by atoms with Crippen LogP contribution in [0.3, 0.4) is 0 Å². The van der Waals surface area contributed by atoms with E-state index in [9.17, 15) is 4.79 Å². The van der Waals surface area contributed by atoms with E-state index in [4.69, 9.17) is 0 Å². The molecule has 3 nitrogen and oxygen atoms in total. The Labute approximate surface area is 85.8 Å². The van der Waals surface area contributed by atoms with Gasteiger partial charge in [-0.1, -0.05) is 18.2 Å². The van der Waals surface area contributed by atoms with Crippen molar-refractivity contribution in [1.82, 2.24) is 9.97 Å². The molecule has 0 saturated heterocycles. The zero-order valence-electron chi connectivity index (χ0n) is 7.90. The van der Waals surface area contributed by atoms with Gasteiger partial charge in [-0.2, -0.15) is 0 Å². The number of pyridine rings is 1. The second-order valence-electron chi connectivity index (χ2n) is 3.44. The first-order valence-electron chi connectivity index (χ1n) is 4.70. The van der Waals surface area contributed by atoms with Crippen molar-refractivity contribution in [3.8, 4) is 0 Å². The van der Waals surface area contributed by atoms with Gasteiger partial charge in [0.25, 0.3) is 0 Å². The molecule has 72 valence electrons. The third kappa shape index (κ3) is 1.06. The van der Waals surface area contributed by atoms with E-state index in [-0.39, 0.29) is 0 Å². The number of rotatable bonds is 1. The second kappa shape index (κ2) is 2.92. The first-order chi connectivity index (χ1) is 7.40. The molecule has 0 spiro atoms. The van der Waals surface area contributed by atoms with Gasteiger partial charge in [0.05, 0.1) is 11.7 Å². The van der Waals surface area contributed by atoms with E-state index in [1.807, 2.05) is 24.3 Å². The standard InChI is InChI=1S/C12H8N2O/c15-7-8-5-13-6-11-12(8)9-3-1-2-4-10(9)14-11/h1-7,14H.